The molecule has 5 nitrogen and oxygen atoms in total. The Morgan fingerprint density at radius 1 is 0.312 bits per heavy atom. The van der Waals surface area contributed by atoms with Gasteiger partial charge in [-0.15, -0.1) is 0 Å². The van der Waals surface area contributed by atoms with Crippen molar-refractivity contribution in [1.82, 2.24) is 19.5 Å². The fraction of sp³-hybridized carbons (Fsp3) is 0. The molecule has 0 aliphatic rings. The third-order valence-corrected chi connectivity index (χ3v) is 12.1. The highest BCUT2D eigenvalue weighted by Crippen LogP contribution is 2.39. The Kier molecular flexibility index (Phi) is 9.08. The second kappa shape index (κ2) is 15.7. The first kappa shape index (κ1) is 37.1. The van der Waals surface area contributed by atoms with Gasteiger partial charge in [0.2, 0.25) is 0 Å². The van der Waals surface area contributed by atoms with E-state index in [9.17, 15) is 0 Å². The molecule has 9 aromatic carbocycles. The Labute approximate surface area is 369 Å². The van der Waals surface area contributed by atoms with E-state index in [4.69, 9.17) is 19.4 Å². The summed E-state index contributed by atoms with van der Waals surface area (Å²) in [7, 11) is 0. The van der Waals surface area contributed by atoms with Crippen LogP contribution in [0.2, 0.25) is 0 Å². The molecule has 3 aromatic heterocycles. The second-order valence-electron chi connectivity index (χ2n) is 16.0. The van der Waals surface area contributed by atoms with Crippen molar-refractivity contribution in [1.29, 1.82) is 0 Å². The maximum absolute atomic E-state index is 6.28. The molecule has 12 rings (SSSR count). The van der Waals surface area contributed by atoms with Crippen LogP contribution in [0.15, 0.2) is 235 Å². The lowest BCUT2D eigenvalue weighted by Gasteiger charge is -2.19. The summed E-state index contributed by atoms with van der Waals surface area (Å²) in [6, 6.07) is 80.7. The summed E-state index contributed by atoms with van der Waals surface area (Å²) in [6.07, 6.45) is 0. The van der Waals surface area contributed by atoms with E-state index in [1.165, 1.54) is 21.8 Å². The molecule has 64 heavy (non-hydrogen) atoms. The topological polar surface area (TPSA) is 56.7 Å². The zero-order chi connectivity index (χ0) is 42.4. The highest BCUT2D eigenvalue weighted by molar-refractivity contribution is 6.10. The van der Waals surface area contributed by atoms with Gasteiger partial charge in [0.15, 0.2) is 17.5 Å². The maximum atomic E-state index is 6.28. The predicted molar refractivity (Wildman–Crippen MR) is 262 cm³/mol. The second-order valence-corrected chi connectivity index (χ2v) is 16.0. The van der Waals surface area contributed by atoms with E-state index in [-0.39, 0.29) is 0 Å². The minimum atomic E-state index is 0.578. The summed E-state index contributed by atoms with van der Waals surface area (Å²) in [4.78, 5) is 15.2. The number of hydrogen-bond acceptors (Lipinski definition) is 4. The standard InChI is InChI=1S/C59H38N4O/c1-4-16-39(17-5-1)55(40-18-6-2-7-19-40)56(42-32-35-46(36-33-42)63-51-25-13-10-22-47(51)48-23-11-14-26-52(48)63)41-28-30-44(31-29-41)58-60-57(43-20-8-3-9-21-43)61-59(62-58)45-34-37-50-49-24-12-15-27-53(49)64-54(50)38-45/h1-38H. The first-order valence-electron chi connectivity index (χ1n) is 21.5. The summed E-state index contributed by atoms with van der Waals surface area (Å²) in [5.41, 5.74) is 14.5. The lowest BCUT2D eigenvalue weighted by atomic mass is 9.85. The Balaban J connectivity index is 1.01. The van der Waals surface area contributed by atoms with Crippen LogP contribution in [0.4, 0.5) is 0 Å². The van der Waals surface area contributed by atoms with Crippen LogP contribution in [-0.2, 0) is 0 Å². The Morgan fingerprint density at radius 3 is 1.30 bits per heavy atom. The Morgan fingerprint density at radius 2 is 0.719 bits per heavy atom. The number of para-hydroxylation sites is 3. The Bertz CT molecular complexity index is 3590. The van der Waals surface area contributed by atoms with Gasteiger partial charge in [-0.05, 0) is 75.9 Å². The highest BCUT2D eigenvalue weighted by Gasteiger charge is 2.20. The van der Waals surface area contributed by atoms with E-state index in [1.54, 1.807) is 0 Å². The Hall–Kier alpha value is -8.67. The van der Waals surface area contributed by atoms with E-state index in [0.717, 1.165) is 77.7 Å². The molecule has 12 aromatic rings. The van der Waals surface area contributed by atoms with E-state index in [2.05, 4.69) is 180 Å². The van der Waals surface area contributed by atoms with Gasteiger partial charge in [0.1, 0.15) is 11.2 Å². The lowest BCUT2D eigenvalue weighted by Crippen LogP contribution is -2.01. The molecule has 0 N–H and O–H groups in total. The van der Waals surface area contributed by atoms with E-state index in [0.29, 0.717) is 17.5 Å². The van der Waals surface area contributed by atoms with Crippen molar-refractivity contribution in [2.24, 2.45) is 0 Å². The molecule has 0 aliphatic heterocycles. The van der Waals surface area contributed by atoms with Gasteiger partial charge in [0, 0.05) is 43.9 Å². The van der Waals surface area contributed by atoms with Crippen LogP contribution in [0.25, 0.3) is 94.7 Å². The molecule has 0 amide bonds. The van der Waals surface area contributed by atoms with Crippen LogP contribution in [0.1, 0.15) is 22.3 Å². The van der Waals surface area contributed by atoms with Crippen molar-refractivity contribution in [3.63, 3.8) is 0 Å². The number of benzene rings is 9. The van der Waals surface area contributed by atoms with Crippen molar-refractivity contribution in [2.45, 2.75) is 0 Å². The lowest BCUT2D eigenvalue weighted by molar-refractivity contribution is 0.669. The van der Waals surface area contributed by atoms with Crippen LogP contribution in [0.5, 0.6) is 0 Å². The van der Waals surface area contributed by atoms with E-state index >= 15 is 0 Å². The molecule has 0 atom stereocenters. The highest BCUT2D eigenvalue weighted by atomic mass is 16.3. The third-order valence-electron chi connectivity index (χ3n) is 12.1. The molecular weight excluding hydrogens is 781 g/mol. The third kappa shape index (κ3) is 6.55. The summed E-state index contributed by atoms with van der Waals surface area (Å²) in [5, 5.41) is 4.63. The molecule has 0 aliphatic carbocycles. The fourth-order valence-electron chi connectivity index (χ4n) is 9.10. The van der Waals surface area contributed by atoms with Crippen molar-refractivity contribution in [3.05, 3.63) is 253 Å². The molecule has 0 bridgehead atoms. The largest absolute Gasteiger partial charge is 0.456 e. The average Bonchev–Trinajstić information content (AvgIpc) is 3.92. The van der Waals surface area contributed by atoms with Crippen LogP contribution in [0.3, 0.4) is 0 Å². The van der Waals surface area contributed by atoms with Crippen molar-refractivity contribution >= 4 is 54.9 Å². The zero-order valence-corrected chi connectivity index (χ0v) is 34.6. The number of furan rings is 1. The predicted octanol–water partition coefficient (Wildman–Crippen LogP) is 14.9. The van der Waals surface area contributed by atoms with Crippen LogP contribution < -0.4 is 0 Å². The smallest absolute Gasteiger partial charge is 0.164 e. The molecular formula is C59H38N4O. The van der Waals surface area contributed by atoms with Crippen LogP contribution in [-0.4, -0.2) is 19.5 Å². The minimum absolute atomic E-state index is 0.578. The molecule has 300 valence electrons. The average molecular weight is 819 g/mol. The van der Waals surface area contributed by atoms with Gasteiger partial charge in [0.25, 0.3) is 0 Å². The van der Waals surface area contributed by atoms with Gasteiger partial charge >= 0.3 is 0 Å². The minimum Gasteiger partial charge on any atom is -0.456 e. The number of rotatable bonds is 8. The summed E-state index contributed by atoms with van der Waals surface area (Å²) < 4.78 is 8.65. The van der Waals surface area contributed by atoms with Gasteiger partial charge in [-0.1, -0.05) is 188 Å². The van der Waals surface area contributed by atoms with Gasteiger partial charge in [-0.2, -0.15) is 0 Å². The summed E-state index contributed by atoms with van der Waals surface area (Å²) in [6.45, 7) is 0. The number of aromatic nitrogens is 4. The molecule has 0 saturated heterocycles. The molecule has 0 fully saturated rings. The maximum Gasteiger partial charge on any atom is 0.164 e. The molecule has 5 heteroatoms. The number of hydrogen-bond donors (Lipinski definition) is 0. The van der Waals surface area contributed by atoms with Crippen molar-refractivity contribution in [2.75, 3.05) is 0 Å². The monoisotopic (exact) mass is 818 g/mol. The van der Waals surface area contributed by atoms with Crippen molar-refractivity contribution in [3.8, 4) is 39.9 Å². The molecule has 0 saturated carbocycles. The normalized spacial score (nSPS) is 11.4. The number of fused-ring (bicyclic) bond motifs is 6. The molecule has 3 heterocycles. The van der Waals surface area contributed by atoms with Gasteiger partial charge < -0.3 is 8.98 Å². The van der Waals surface area contributed by atoms with E-state index in [1.807, 2.05) is 54.6 Å². The summed E-state index contributed by atoms with van der Waals surface area (Å²) in [5.74, 6) is 1.77. The SMILES string of the molecule is c1ccc(C(=C(c2ccc(-c3nc(-c4ccccc4)nc(-c4ccc5c(c4)oc4ccccc45)n3)cc2)c2ccc(-n3c4ccccc4c4ccccc43)cc2)c2ccccc2)cc1. The van der Waals surface area contributed by atoms with Gasteiger partial charge in [-0.25, -0.2) is 15.0 Å². The fourth-order valence-corrected chi connectivity index (χ4v) is 9.10. The van der Waals surface area contributed by atoms with Gasteiger partial charge in [0.05, 0.1) is 11.0 Å². The van der Waals surface area contributed by atoms with Crippen molar-refractivity contribution < 1.29 is 4.42 Å². The first-order valence-corrected chi connectivity index (χ1v) is 21.5. The molecule has 0 unspecified atom stereocenters. The zero-order valence-electron chi connectivity index (χ0n) is 34.6. The van der Waals surface area contributed by atoms with Crippen LogP contribution in [0, 0.1) is 0 Å². The molecule has 0 spiro atoms. The van der Waals surface area contributed by atoms with Crippen LogP contribution >= 0.6 is 0 Å². The quantitative estimate of drug-likeness (QED) is 0.143. The van der Waals surface area contributed by atoms with Gasteiger partial charge in [-0.3, -0.25) is 0 Å². The number of nitrogens with zero attached hydrogens (tertiary/aromatic N) is 4. The summed E-state index contributed by atoms with van der Waals surface area (Å²) >= 11 is 0. The van der Waals surface area contributed by atoms with E-state index < -0.39 is 0 Å². The first-order chi connectivity index (χ1) is 31.7. The molecule has 0 radical (unpaired) electrons.